The maximum atomic E-state index is 6.39. The molecule has 3 atom stereocenters. The predicted octanol–water partition coefficient (Wildman–Crippen LogP) is 4.46. The Balaban J connectivity index is 1.44. The van der Waals surface area contributed by atoms with Crippen molar-refractivity contribution in [3.8, 4) is 5.75 Å². The van der Waals surface area contributed by atoms with Gasteiger partial charge in [-0.05, 0) is 49.8 Å². The number of rotatable bonds is 10. The molecule has 2 fully saturated rings. The van der Waals surface area contributed by atoms with Crippen LogP contribution in [0.5, 0.6) is 5.75 Å². The Bertz CT molecular complexity index is 533. The lowest BCUT2D eigenvalue weighted by Gasteiger charge is -2.37. The zero-order chi connectivity index (χ0) is 18.9. The molecule has 152 valence electrons. The van der Waals surface area contributed by atoms with Gasteiger partial charge in [-0.25, -0.2) is 0 Å². The summed E-state index contributed by atoms with van der Waals surface area (Å²) in [7, 11) is 1.71. The zero-order valence-corrected chi connectivity index (χ0v) is 17.2. The first kappa shape index (κ1) is 20.6. The molecule has 1 saturated heterocycles. The summed E-state index contributed by atoms with van der Waals surface area (Å²) in [5, 5.41) is 0. The molecule has 1 aromatic carbocycles. The van der Waals surface area contributed by atoms with E-state index < -0.39 is 0 Å². The van der Waals surface area contributed by atoms with Gasteiger partial charge in [-0.2, -0.15) is 0 Å². The minimum absolute atomic E-state index is 0.381. The Morgan fingerprint density at radius 2 is 1.81 bits per heavy atom. The average molecular weight is 376 g/mol. The highest BCUT2D eigenvalue weighted by atomic mass is 16.5. The lowest BCUT2D eigenvalue weighted by Crippen LogP contribution is -2.46. The Kier molecular flexibility index (Phi) is 8.43. The van der Waals surface area contributed by atoms with Gasteiger partial charge in [0.2, 0.25) is 0 Å². The number of likely N-dealkylation sites (tertiary alicyclic amines) is 1. The van der Waals surface area contributed by atoms with Crippen LogP contribution in [0.3, 0.4) is 0 Å². The third-order valence-corrected chi connectivity index (χ3v) is 6.05. The summed E-state index contributed by atoms with van der Waals surface area (Å²) in [5.41, 5.74) is 1.31. The molecule has 0 amide bonds. The van der Waals surface area contributed by atoms with Gasteiger partial charge in [-0.1, -0.05) is 38.3 Å². The second-order valence-corrected chi connectivity index (χ2v) is 7.99. The van der Waals surface area contributed by atoms with Gasteiger partial charge in [-0.15, -0.1) is 0 Å². The van der Waals surface area contributed by atoms with Gasteiger partial charge in [0.1, 0.15) is 5.75 Å². The molecule has 4 nitrogen and oxygen atoms in total. The fourth-order valence-electron chi connectivity index (χ4n) is 4.40. The van der Waals surface area contributed by atoms with Gasteiger partial charge in [0, 0.05) is 25.7 Å². The molecule has 3 rings (SSSR count). The van der Waals surface area contributed by atoms with Crippen LogP contribution in [0.25, 0.3) is 0 Å². The molecule has 0 aromatic heterocycles. The van der Waals surface area contributed by atoms with E-state index in [1.807, 2.05) is 12.1 Å². The van der Waals surface area contributed by atoms with Crippen molar-refractivity contribution in [2.45, 2.75) is 76.5 Å². The highest BCUT2D eigenvalue weighted by Crippen LogP contribution is 2.29. The molecule has 1 saturated carbocycles. The smallest absolute Gasteiger partial charge is 0.118 e. The summed E-state index contributed by atoms with van der Waals surface area (Å²) in [6, 6.07) is 8.91. The second-order valence-electron chi connectivity index (χ2n) is 7.99. The fourth-order valence-corrected chi connectivity index (χ4v) is 4.40. The molecule has 1 heterocycles. The van der Waals surface area contributed by atoms with Crippen molar-refractivity contribution in [2.75, 3.05) is 33.4 Å². The summed E-state index contributed by atoms with van der Waals surface area (Å²) < 4.78 is 17.7. The molecule has 4 heteroatoms. The Labute approximate surface area is 165 Å². The normalized spacial score (nSPS) is 26.4. The lowest BCUT2D eigenvalue weighted by molar-refractivity contribution is -0.0345. The van der Waals surface area contributed by atoms with E-state index in [1.165, 1.54) is 57.1 Å². The highest BCUT2D eigenvalue weighted by molar-refractivity contribution is 5.27. The zero-order valence-electron chi connectivity index (χ0n) is 17.2. The maximum Gasteiger partial charge on any atom is 0.118 e. The van der Waals surface area contributed by atoms with Crippen LogP contribution in [-0.2, 0) is 15.9 Å². The van der Waals surface area contributed by atoms with Crippen LogP contribution in [0, 0.1) is 0 Å². The Morgan fingerprint density at radius 3 is 2.59 bits per heavy atom. The monoisotopic (exact) mass is 375 g/mol. The molecule has 0 radical (unpaired) electrons. The van der Waals surface area contributed by atoms with E-state index in [4.69, 9.17) is 14.2 Å². The Morgan fingerprint density at radius 1 is 1.00 bits per heavy atom. The molecule has 27 heavy (non-hydrogen) atoms. The van der Waals surface area contributed by atoms with Gasteiger partial charge in [0.15, 0.2) is 0 Å². The summed E-state index contributed by atoms with van der Waals surface area (Å²) >= 11 is 0. The molecular formula is C23H37NO3. The van der Waals surface area contributed by atoms with Gasteiger partial charge < -0.3 is 14.2 Å². The molecule has 2 aliphatic rings. The first-order valence-corrected chi connectivity index (χ1v) is 10.9. The van der Waals surface area contributed by atoms with E-state index in [2.05, 4.69) is 24.0 Å². The van der Waals surface area contributed by atoms with Crippen LogP contribution in [0.2, 0.25) is 0 Å². The van der Waals surface area contributed by atoms with E-state index in [1.54, 1.807) is 7.11 Å². The van der Waals surface area contributed by atoms with E-state index in [0.717, 1.165) is 31.9 Å². The minimum Gasteiger partial charge on any atom is -0.497 e. The van der Waals surface area contributed by atoms with Crippen molar-refractivity contribution < 1.29 is 14.2 Å². The third kappa shape index (κ3) is 6.20. The van der Waals surface area contributed by atoms with Gasteiger partial charge in [0.25, 0.3) is 0 Å². The van der Waals surface area contributed by atoms with E-state index >= 15 is 0 Å². The topological polar surface area (TPSA) is 30.9 Å². The minimum atomic E-state index is 0.381. The molecule has 1 aliphatic heterocycles. The maximum absolute atomic E-state index is 6.39. The number of ether oxygens (including phenoxy) is 3. The average Bonchev–Trinajstić information content (AvgIpc) is 3.18. The number of hydrogen-bond acceptors (Lipinski definition) is 4. The summed E-state index contributed by atoms with van der Waals surface area (Å²) in [6.45, 7) is 6.20. The largest absolute Gasteiger partial charge is 0.497 e. The van der Waals surface area contributed by atoms with Crippen LogP contribution >= 0.6 is 0 Å². The molecule has 0 bridgehead atoms. The molecule has 0 N–H and O–H groups in total. The molecular weight excluding hydrogens is 338 g/mol. The van der Waals surface area contributed by atoms with Crippen molar-refractivity contribution in [3.63, 3.8) is 0 Å². The van der Waals surface area contributed by atoms with Crippen molar-refractivity contribution in [2.24, 2.45) is 0 Å². The van der Waals surface area contributed by atoms with Gasteiger partial charge >= 0.3 is 0 Å². The molecule has 0 spiro atoms. The predicted molar refractivity (Wildman–Crippen MR) is 110 cm³/mol. The van der Waals surface area contributed by atoms with Crippen LogP contribution in [0.4, 0.5) is 0 Å². The van der Waals surface area contributed by atoms with E-state index in [9.17, 15) is 0 Å². The standard InChI is InChI=1S/C23H37NO3/c1-3-4-16-26-21-13-15-24(18-21)22-7-5-6-8-23(22)27-17-14-19-9-11-20(25-2)12-10-19/h9-12,21-23H,3-8,13-18H2,1-2H3/t21-,22-,23-/m1/s1. The first-order chi connectivity index (χ1) is 13.3. The number of benzene rings is 1. The molecule has 0 unspecified atom stereocenters. The summed E-state index contributed by atoms with van der Waals surface area (Å²) in [4.78, 5) is 2.65. The van der Waals surface area contributed by atoms with E-state index in [0.29, 0.717) is 18.2 Å². The van der Waals surface area contributed by atoms with Crippen molar-refractivity contribution in [1.82, 2.24) is 4.90 Å². The number of hydrogen-bond donors (Lipinski definition) is 0. The Hall–Kier alpha value is -1.10. The SMILES string of the molecule is CCCCO[C@@H]1CCN([C@@H]2CCCC[C@H]2OCCc2ccc(OC)cc2)C1. The quantitative estimate of drug-likeness (QED) is 0.565. The molecule has 1 aliphatic carbocycles. The van der Waals surface area contributed by atoms with Crippen LogP contribution in [0.15, 0.2) is 24.3 Å². The van der Waals surface area contributed by atoms with Gasteiger partial charge in [-0.3, -0.25) is 4.90 Å². The lowest BCUT2D eigenvalue weighted by atomic mass is 9.91. The number of methoxy groups -OCH3 is 1. The summed E-state index contributed by atoms with van der Waals surface area (Å²) in [5.74, 6) is 0.914. The van der Waals surface area contributed by atoms with Crippen LogP contribution < -0.4 is 4.74 Å². The molecule has 1 aromatic rings. The van der Waals surface area contributed by atoms with Crippen molar-refractivity contribution in [1.29, 1.82) is 0 Å². The number of nitrogens with zero attached hydrogens (tertiary/aromatic N) is 1. The third-order valence-electron chi connectivity index (χ3n) is 6.05. The van der Waals surface area contributed by atoms with Crippen molar-refractivity contribution in [3.05, 3.63) is 29.8 Å². The van der Waals surface area contributed by atoms with E-state index in [-0.39, 0.29) is 0 Å². The van der Waals surface area contributed by atoms with Gasteiger partial charge in [0.05, 0.1) is 25.9 Å². The highest BCUT2D eigenvalue weighted by Gasteiger charge is 2.35. The second kappa shape index (κ2) is 11.0. The van der Waals surface area contributed by atoms with Crippen LogP contribution in [0.1, 0.15) is 57.4 Å². The van der Waals surface area contributed by atoms with Crippen LogP contribution in [-0.4, -0.2) is 56.6 Å². The fraction of sp³-hybridized carbons (Fsp3) is 0.739. The van der Waals surface area contributed by atoms with Crippen molar-refractivity contribution >= 4 is 0 Å². The first-order valence-electron chi connectivity index (χ1n) is 10.9. The summed E-state index contributed by atoms with van der Waals surface area (Å²) in [6.07, 6.45) is 10.5. The number of unbranched alkanes of at least 4 members (excludes halogenated alkanes) is 1.